The average Bonchev–Trinajstić information content (AvgIpc) is 3.25. The summed E-state index contributed by atoms with van der Waals surface area (Å²) in [6, 6.07) is 4.37. The van der Waals surface area contributed by atoms with Gasteiger partial charge in [-0.15, -0.1) is 0 Å². The molecule has 1 fully saturated rings. The molecule has 1 saturated heterocycles. The lowest BCUT2D eigenvalue weighted by Gasteiger charge is -2.20. The van der Waals surface area contributed by atoms with Crippen molar-refractivity contribution < 1.29 is 14.0 Å². The van der Waals surface area contributed by atoms with Gasteiger partial charge in [-0.05, 0) is 37.0 Å². The summed E-state index contributed by atoms with van der Waals surface area (Å²) in [6.45, 7) is 3.38. The van der Waals surface area contributed by atoms with Crippen molar-refractivity contribution in [1.82, 2.24) is 20.4 Å². The Bertz CT molecular complexity index is 1070. The van der Waals surface area contributed by atoms with Gasteiger partial charge in [0, 0.05) is 44.1 Å². The number of hydrogen-bond acceptors (Lipinski definition) is 5. The van der Waals surface area contributed by atoms with Crippen molar-refractivity contribution in [3.63, 3.8) is 0 Å². The zero-order chi connectivity index (χ0) is 22.0. The van der Waals surface area contributed by atoms with Gasteiger partial charge in [-0.3, -0.25) is 14.4 Å². The van der Waals surface area contributed by atoms with Crippen molar-refractivity contribution in [3.8, 4) is 0 Å². The van der Waals surface area contributed by atoms with Crippen molar-refractivity contribution in [2.24, 2.45) is 0 Å². The number of aromatic amines is 1. The SMILES string of the molecule is CCC(=O)NC1CCN(C(=O)c2cc(Cc3n[nH]c(=O)c4c3NCCC4)ccc2F)C1. The lowest BCUT2D eigenvalue weighted by Crippen LogP contribution is -2.38. The van der Waals surface area contributed by atoms with Crippen LogP contribution in [0.15, 0.2) is 23.0 Å². The van der Waals surface area contributed by atoms with E-state index >= 15 is 0 Å². The lowest BCUT2D eigenvalue weighted by molar-refractivity contribution is -0.121. The molecule has 9 heteroatoms. The maximum Gasteiger partial charge on any atom is 0.269 e. The quantitative estimate of drug-likeness (QED) is 0.672. The van der Waals surface area contributed by atoms with Crippen molar-refractivity contribution in [2.45, 2.75) is 45.1 Å². The van der Waals surface area contributed by atoms with E-state index in [1.165, 1.54) is 6.07 Å². The van der Waals surface area contributed by atoms with E-state index in [0.29, 0.717) is 50.0 Å². The van der Waals surface area contributed by atoms with Gasteiger partial charge in [0.05, 0.1) is 16.9 Å². The highest BCUT2D eigenvalue weighted by molar-refractivity contribution is 5.95. The Balaban J connectivity index is 1.53. The van der Waals surface area contributed by atoms with Crippen LogP contribution in [0.25, 0.3) is 0 Å². The number of halogens is 1. The first kappa shape index (κ1) is 21.0. The molecular formula is C22H26FN5O3. The summed E-state index contributed by atoms with van der Waals surface area (Å²) in [6.07, 6.45) is 2.97. The Labute approximate surface area is 179 Å². The van der Waals surface area contributed by atoms with Crippen molar-refractivity contribution in [2.75, 3.05) is 25.0 Å². The minimum absolute atomic E-state index is 0.00576. The van der Waals surface area contributed by atoms with E-state index in [1.807, 2.05) is 0 Å². The molecule has 0 bridgehead atoms. The summed E-state index contributed by atoms with van der Waals surface area (Å²) < 4.78 is 14.5. The number of benzene rings is 1. The number of hydrogen-bond donors (Lipinski definition) is 3. The predicted octanol–water partition coefficient (Wildman–Crippen LogP) is 1.60. The number of rotatable bonds is 5. The molecule has 2 aliphatic rings. The highest BCUT2D eigenvalue weighted by Crippen LogP contribution is 2.24. The third-order valence-corrected chi connectivity index (χ3v) is 5.86. The first-order valence-corrected chi connectivity index (χ1v) is 10.7. The molecule has 2 amide bonds. The first-order valence-electron chi connectivity index (χ1n) is 10.7. The second kappa shape index (κ2) is 8.87. The maximum atomic E-state index is 14.5. The fourth-order valence-electron chi connectivity index (χ4n) is 4.19. The summed E-state index contributed by atoms with van der Waals surface area (Å²) in [7, 11) is 0. The molecule has 1 aromatic heterocycles. The van der Waals surface area contributed by atoms with Crippen LogP contribution in [0.5, 0.6) is 0 Å². The molecule has 0 saturated carbocycles. The number of aromatic nitrogens is 2. The second-order valence-corrected chi connectivity index (χ2v) is 8.03. The molecule has 2 aromatic rings. The number of carbonyl (C=O) groups is 2. The Morgan fingerprint density at radius 2 is 2.19 bits per heavy atom. The third kappa shape index (κ3) is 4.45. The minimum atomic E-state index is -0.579. The third-order valence-electron chi connectivity index (χ3n) is 5.86. The molecule has 1 aromatic carbocycles. The Morgan fingerprint density at radius 3 is 3.00 bits per heavy atom. The van der Waals surface area contributed by atoms with Crippen molar-refractivity contribution in [1.29, 1.82) is 0 Å². The van der Waals surface area contributed by atoms with Gasteiger partial charge in [-0.2, -0.15) is 5.10 Å². The number of H-pyrrole nitrogens is 1. The van der Waals surface area contributed by atoms with Crippen LogP contribution in [0, 0.1) is 5.82 Å². The Morgan fingerprint density at radius 1 is 1.35 bits per heavy atom. The van der Waals surface area contributed by atoms with Crippen LogP contribution in [0.3, 0.4) is 0 Å². The Kier molecular flexibility index (Phi) is 6.01. The molecule has 2 aliphatic heterocycles. The number of carbonyl (C=O) groups excluding carboxylic acids is 2. The van der Waals surface area contributed by atoms with Gasteiger partial charge >= 0.3 is 0 Å². The minimum Gasteiger partial charge on any atom is -0.383 e. The highest BCUT2D eigenvalue weighted by atomic mass is 19.1. The second-order valence-electron chi connectivity index (χ2n) is 8.03. The summed E-state index contributed by atoms with van der Waals surface area (Å²) in [4.78, 5) is 38.2. The number of likely N-dealkylation sites (tertiary alicyclic amines) is 1. The van der Waals surface area contributed by atoms with Crippen LogP contribution in [-0.2, 0) is 17.6 Å². The van der Waals surface area contributed by atoms with Crippen LogP contribution >= 0.6 is 0 Å². The van der Waals surface area contributed by atoms with Gasteiger partial charge in [0.1, 0.15) is 5.82 Å². The van der Waals surface area contributed by atoms with E-state index in [2.05, 4.69) is 20.8 Å². The zero-order valence-electron chi connectivity index (χ0n) is 17.5. The van der Waals surface area contributed by atoms with Crippen molar-refractivity contribution >= 4 is 17.5 Å². The molecule has 164 valence electrons. The fraction of sp³-hybridized carbons (Fsp3) is 0.455. The van der Waals surface area contributed by atoms with Crippen LogP contribution in [0.4, 0.5) is 10.1 Å². The summed E-state index contributed by atoms with van der Waals surface area (Å²) in [5, 5.41) is 12.8. The molecule has 31 heavy (non-hydrogen) atoms. The number of anilines is 1. The highest BCUT2D eigenvalue weighted by Gasteiger charge is 2.29. The van der Waals surface area contributed by atoms with E-state index in [9.17, 15) is 18.8 Å². The smallest absolute Gasteiger partial charge is 0.269 e. The molecule has 3 N–H and O–H groups in total. The molecule has 0 aliphatic carbocycles. The van der Waals surface area contributed by atoms with Crippen LogP contribution in [-0.4, -0.2) is 52.6 Å². The lowest BCUT2D eigenvalue weighted by atomic mass is 10.00. The molecule has 0 spiro atoms. The van der Waals surface area contributed by atoms with Crippen LogP contribution < -0.4 is 16.2 Å². The molecule has 1 atom stereocenters. The molecule has 4 rings (SSSR count). The van der Waals surface area contributed by atoms with Gasteiger partial charge in [-0.25, -0.2) is 9.49 Å². The van der Waals surface area contributed by atoms with E-state index in [4.69, 9.17) is 0 Å². The van der Waals surface area contributed by atoms with Gasteiger partial charge < -0.3 is 15.5 Å². The van der Waals surface area contributed by atoms with E-state index in [0.717, 1.165) is 24.2 Å². The molecule has 3 heterocycles. The summed E-state index contributed by atoms with van der Waals surface area (Å²) >= 11 is 0. The van der Waals surface area contributed by atoms with Crippen LogP contribution in [0.2, 0.25) is 0 Å². The number of nitrogens with zero attached hydrogens (tertiary/aromatic N) is 2. The molecule has 0 radical (unpaired) electrons. The molecule has 1 unspecified atom stereocenters. The van der Waals surface area contributed by atoms with Crippen LogP contribution in [0.1, 0.15) is 53.4 Å². The summed E-state index contributed by atoms with van der Waals surface area (Å²) in [5.74, 6) is -1.02. The number of nitrogens with one attached hydrogen (secondary N) is 3. The largest absolute Gasteiger partial charge is 0.383 e. The molecule has 8 nitrogen and oxygen atoms in total. The topological polar surface area (TPSA) is 107 Å². The fourth-order valence-corrected chi connectivity index (χ4v) is 4.19. The van der Waals surface area contributed by atoms with E-state index < -0.39 is 5.82 Å². The summed E-state index contributed by atoms with van der Waals surface area (Å²) in [5.41, 5.74) is 2.63. The van der Waals surface area contributed by atoms with Gasteiger partial charge in [0.15, 0.2) is 0 Å². The zero-order valence-corrected chi connectivity index (χ0v) is 17.5. The van der Waals surface area contributed by atoms with Gasteiger partial charge in [0.25, 0.3) is 11.5 Å². The number of fused-ring (bicyclic) bond motifs is 1. The average molecular weight is 427 g/mol. The number of amides is 2. The normalized spacial score (nSPS) is 17.7. The maximum absolute atomic E-state index is 14.5. The standard InChI is InChI=1S/C22H26FN5O3/c1-2-19(29)25-14-7-9-28(12-14)22(31)16-10-13(5-6-17(16)23)11-18-20-15(4-3-8-24-20)21(30)27-26-18/h5-6,10,14,24H,2-4,7-9,11-12H2,1H3,(H,25,29)(H,27,30). The van der Waals surface area contributed by atoms with E-state index in [1.54, 1.807) is 24.0 Å². The van der Waals surface area contributed by atoms with Gasteiger partial charge in [0.2, 0.25) is 5.91 Å². The Hall–Kier alpha value is -3.23. The van der Waals surface area contributed by atoms with Gasteiger partial charge in [-0.1, -0.05) is 13.0 Å². The molecular weight excluding hydrogens is 401 g/mol. The monoisotopic (exact) mass is 427 g/mol. The van der Waals surface area contributed by atoms with E-state index in [-0.39, 0.29) is 29.0 Å². The predicted molar refractivity (Wildman–Crippen MR) is 114 cm³/mol. The van der Waals surface area contributed by atoms with Crippen molar-refractivity contribution in [3.05, 3.63) is 56.8 Å². The first-order chi connectivity index (χ1) is 15.0.